The van der Waals surface area contributed by atoms with E-state index in [1.807, 2.05) is 0 Å². The highest BCUT2D eigenvalue weighted by molar-refractivity contribution is 5.38. The molecule has 0 atom stereocenters. The highest BCUT2D eigenvalue weighted by Gasteiger charge is 2.30. The van der Waals surface area contributed by atoms with Gasteiger partial charge >= 0.3 is 6.18 Å². The van der Waals surface area contributed by atoms with Gasteiger partial charge in [-0.3, -0.25) is 0 Å². The van der Waals surface area contributed by atoms with Gasteiger partial charge in [0.05, 0.1) is 12.2 Å². The van der Waals surface area contributed by atoms with Gasteiger partial charge in [0.15, 0.2) is 0 Å². The maximum atomic E-state index is 12.3. The SMILES string of the molecule is CCOc1ccc(C(F)(F)F)cc1CN. The van der Waals surface area contributed by atoms with Crippen molar-refractivity contribution in [1.29, 1.82) is 0 Å². The zero-order valence-corrected chi connectivity index (χ0v) is 8.27. The second-order valence-corrected chi connectivity index (χ2v) is 2.96. The summed E-state index contributed by atoms with van der Waals surface area (Å²) >= 11 is 0. The van der Waals surface area contributed by atoms with Crippen LogP contribution >= 0.6 is 0 Å². The Hall–Kier alpha value is -1.23. The van der Waals surface area contributed by atoms with Crippen LogP contribution < -0.4 is 10.5 Å². The van der Waals surface area contributed by atoms with Gasteiger partial charge in [-0.1, -0.05) is 0 Å². The summed E-state index contributed by atoms with van der Waals surface area (Å²) in [5, 5.41) is 0. The average Bonchev–Trinajstić information content (AvgIpc) is 2.17. The minimum absolute atomic E-state index is 0.0270. The fraction of sp³-hybridized carbons (Fsp3) is 0.400. The predicted octanol–water partition coefficient (Wildman–Crippen LogP) is 2.56. The summed E-state index contributed by atoms with van der Waals surface area (Å²) in [5.41, 5.74) is 5.01. The molecule has 1 aromatic carbocycles. The van der Waals surface area contributed by atoms with Crippen molar-refractivity contribution in [2.45, 2.75) is 19.6 Å². The van der Waals surface area contributed by atoms with Crippen molar-refractivity contribution in [3.05, 3.63) is 29.3 Å². The quantitative estimate of drug-likeness (QED) is 0.847. The molecule has 0 unspecified atom stereocenters. The molecule has 15 heavy (non-hydrogen) atoms. The zero-order chi connectivity index (χ0) is 11.5. The lowest BCUT2D eigenvalue weighted by Gasteiger charge is -2.12. The Bertz CT molecular complexity index is 336. The Morgan fingerprint density at radius 3 is 2.47 bits per heavy atom. The van der Waals surface area contributed by atoms with Gasteiger partial charge in [0.1, 0.15) is 5.75 Å². The summed E-state index contributed by atoms with van der Waals surface area (Å²) in [5.74, 6) is 0.410. The van der Waals surface area contributed by atoms with Gasteiger partial charge < -0.3 is 10.5 Å². The molecule has 0 saturated carbocycles. The largest absolute Gasteiger partial charge is 0.494 e. The molecule has 5 heteroatoms. The maximum Gasteiger partial charge on any atom is 0.416 e. The molecule has 0 fully saturated rings. The number of halogens is 3. The first-order valence-electron chi connectivity index (χ1n) is 4.52. The number of nitrogens with two attached hydrogens (primary N) is 1. The molecule has 0 radical (unpaired) electrons. The van der Waals surface area contributed by atoms with Crippen molar-refractivity contribution in [2.24, 2.45) is 5.73 Å². The van der Waals surface area contributed by atoms with Gasteiger partial charge in [-0.2, -0.15) is 13.2 Å². The Balaban J connectivity index is 3.08. The lowest BCUT2D eigenvalue weighted by atomic mass is 10.1. The molecule has 0 aliphatic rings. The van der Waals surface area contributed by atoms with E-state index in [4.69, 9.17) is 10.5 Å². The van der Waals surface area contributed by atoms with Crippen LogP contribution in [0.3, 0.4) is 0 Å². The van der Waals surface area contributed by atoms with E-state index >= 15 is 0 Å². The molecule has 0 aliphatic carbocycles. The maximum absolute atomic E-state index is 12.3. The number of rotatable bonds is 3. The number of alkyl halides is 3. The van der Waals surface area contributed by atoms with Crippen molar-refractivity contribution in [3.8, 4) is 5.75 Å². The number of hydrogen-bond acceptors (Lipinski definition) is 2. The van der Waals surface area contributed by atoms with Gasteiger partial charge in [0, 0.05) is 12.1 Å². The van der Waals surface area contributed by atoms with E-state index in [1.165, 1.54) is 6.07 Å². The number of benzene rings is 1. The molecule has 0 amide bonds. The molecule has 0 saturated heterocycles. The molecular formula is C10H12F3NO. The van der Waals surface area contributed by atoms with E-state index in [9.17, 15) is 13.2 Å². The molecule has 2 nitrogen and oxygen atoms in total. The standard InChI is InChI=1S/C10H12F3NO/c1-2-15-9-4-3-8(10(11,12)13)5-7(9)6-14/h3-5H,2,6,14H2,1H3. The lowest BCUT2D eigenvalue weighted by molar-refractivity contribution is -0.137. The van der Waals surface area contributed by atoms with Crippen molar-refractivity contribution in [1.82, 2.24) is 0 Å². The first kappa shape index (κ1) is 11.8. The molecule has 1 rings (SSSR count). The van der Waals surface area contributed by atoms with Crippen LogP contribution in [0.2, 0.25) is 0 Å². The van der Waals surface area contributed by atoms with E-state index < -0.39 is 11.7 Å². The second kappa shape index (κ2) is 4.53. The third kappa shape index (κ3) is 2.86. The number of ether oxygens (including phenoxy) is 1. The van der Waals surface area contributed by atoms with Crippen molar-refractivity contribution >= 4 is 0 Å². The highest BCUT2D eigenvalue weighted by atomic mass is 19.4. The molecule has 0 aliphatic heterocycles. The van der Waals surface area contributed by atoms with Crippen molar-refractivity contribution < 1.29 is 17.9 Å². The second-order valence-electron chi connectivity index (χ2n) is 2.96. The van der Waals surface area contributed by atoms with Crippen molar-refractivity contribution in [3.63, 3.8) is 0 Å². The first-order valence-corrected chi connectivity index (χ1v) is 4.52. The molecular weight excluding hydrogens is 207 g/mol. The Morgan fingerprint density at radius 2 is 2.00 bits per heavy atom. The summed E-state index contributed by atoms with van der Waals surface area (Å²) in [6.45, 7) is 2.19. The third-order valence-electron chi connectivity index (χ3n) is 1.91. The molecule has 84 valence electrons. The summed E-state index contributed by atoms with van der Waals surface area (Å²) in [6, 6.07) is 3.31. The van der Waals surface area contributed by atoms with E-state index in [2.05, 4.69) is 0 Å². The average molecular weight is 219 g/mol. The summed E-state index contributed by atoms with van der Waals surface area (Å²) < 4.78 is 42.2. The minimum atomic E-state index is -4.34. The highest BCUT2D eigenvalue weighted by Crippen LogP contribution is 2.32. The van der Waals surface area contributed by atoms with E-state index in [-0.39, 0.29) is 6.54 Å². The van der Waals surface area contributed by atoms with Crippen LogP contribution in [-0.4, -0.2) is 6.61 Å². The summed E-state index contributed by atoms with van der Waals surface area (Å²) in [6.07, 6.45) is -4.34. The monoisotopic (exact) mass is 219 g/mol. The third-order valence-corrected chi connectivity index (χ3v) is 1.91. The predicted molar refractivity (Wildman–Crippen MR) is 50.5 cm³/mol. The van der Waals surface area contributed by atoms with Crippen LogP contribution in [0.4, 0.5) is 13.2 Å². The van der Waals surface area contributed by atoms with Gasteiger partial charge in [0.25, 0.3) is 0 Å². The Labute approximate surface area is 85.8 Å². The topological polar surface area (TPSA) is 35.2 Å². The molecule has 1 aromatic rings. The van der Waals surface area contributed by atoms with E-state index in [0.29, 0.717) is 17.9 Å². The smallest absolute Gasteiger partial charge is 0.416 e. The van der Waals surface area contributed by atoms with Crippen LogP contribution in [0.1, 0.15) is 18.1 Å². The fourth-order valence-electron chi connectivity index (χ4n) is 1.21. The molecule has 0 heterocycles. The zero-order valence-electron chi connectivity index (χ0n) is 8.27. The van der Waals surface area contributed by atoms with E-state index in [1.54, 1.807) is 6.92 Å². The number of hydrogen-bond donors (Lipinski definition) is 1. The molecule has 0 aromatic heterocycles. The molecule has 0 bridgehead atoms. The van der Waals surface area contributed by atoms with Gasteiger partial charge in [0.2, 0.25) is 0 Å². The lowest BCUT2D eigenvalue weighted by Crippen LogP contribution is -2.08. The van der Waals surface area contributed by atoms with Crippen LogP contribution in [0.5, 0.6) is 5.75 Å². The molecule has 0 spiro atoms. The first-order chi connectivity index (χ1) is 6.99. The summed E-state index contributed by atoms with van der Waals surface area (Å²) in [4.78, 5) is 0. The van der Waals surface area contributed by atoms with Gasteiger partial charge in [-0.05, 0) is 25.1 Å². The summed E-state index contributed by atoms with van der Waals surface area (Å²) in [7, 11) is 0. The van der Waals surface area contributed by atoms with Crippen LogP contribution in [-0.2, 0) is 12.7 Å². The van der Waals surface area contributed by atoms with Gasteiger partial charge in [-0.25, -0.2) is 0 Å². The minimum Gasteiger partial charge on any atom is -0.494 e. The Morgan fingerprint density at radius 1 is 1.33 bits per heavy atom. The molecule has 2 N–H and O–H groups in total. The van der Waals surface area contributed by atoms with Crippen LogP contribution in [0.15, 0.2) is 18.2 Å². The van der Waals surface area contributed by atoms with Gasteiger partial charge in [-0.15, -0.1) is 0 Å². The Kier molecular flexibility index (Phi) is 3.57. The van der Waals surface area contributed by atoms with Crippen LogP contribution in [0.25, 0.3) is 0 Å². The van der Waals surface area contributed by atoms with Crippen LogP contribution in [0, 0.1) is 0 Å². The fourth-order valence-corrected chi connectivity index (χ4v) is 1.21. The normalized spacial score (nSPS) is 11.5. The van der Waals surface area contributed by atoms with E-state index in [0.717, 1.165) is 12.1 Å². The van der Waals surface area contributed by atoms with Crippen molar-refractivity contribution in [2.75, 3.05) is 6.61 Å².